The smallest absolute Gasteiger partial charge is 0.133 e. The number of halogens is 1. The van der Waals surface area contributed by atoms with E-state index in [2.05, 4.69) is 30.2 Å². The van der Waals surface area contributed by atoms with Crippen LogP contribution in [0.25, 0.3) is 33.3 Å². The summed E-state index contributed by atoms with van der Waals surface area (Å²) in [5, 5.41) is 5.54. The highest BCUT2D eigenvalue weighted by Crippen LogP contribution is 2.33. The van der Waals surface area contributed by atoms with Crippen LogP contribution < -0.4 is 0 Å². The predicted molar refractivity (Wildman–Crippen MR) is 115 cm³/mol. The van der Waals surface area contributed by atoms with E-state index in [0.29, 0.717) is 11.3 Å². The maximum absolute atomic E-state index is 15.1. The number of nitrogens with zero attached hydrogens (tertiary/aromatic N) is 2. The van der Waals surface area contributed by atoms with Crippen LogP contribution in [0.2, 0.25) is 0 Å². The second kappa shape index (κ2) is 7.97. The number of benzene rings is 3. The highest BCUT2D eigenvalue weighted by Gasteiger charge is 2.15. The maximum Gasteiger partial charge on any atom is 0.133 e. The Kier molecular flexibility index (Phi) is 5.25. The van der Waals surface area contributed by atoms with E-state index in [0.717, 1.165) is 34.9 Å². The summed E-state index contributed by atoms with van der Waals surface area (Å²) in [7, 11) is 1.89. The Bertz CT molecular complexity index is 1110. The van der Waals surface area contributed by atoms with Gasteiger partial charge in [0.25, 0.3) is 0 Å². The fraction of sp³-hybridized carbons (Fsp3) is 0.240. The Balaban J connectivity index is 1.73. The van der Waals surface area contributed by atoms with Crippen molar-refractivity contribution >= 4 is 10.9 Å². The molecule has 0 saturated heterocycles. The molecule has 0 aliphatic carbocycles. The van der Waals surface area contributed by atoms with Crippen molar-refractivity contribution < 1.29 is 4.39 Å². The first-order valence-electron chi connectivity index (χ1n) is 9.99. The molecule has 1 aromatic heterocycles. The third-order valence-electron chi connectivity index (χ3n) is 5.36. The number of hydrogen-bond acceptors (Lipinski definition) is 1. The van der Waals surface area contributed by atoms with E-state index in [4.69, 9.17) is 0 Å². The second-order valence-electron chi connectivity index (χ2n) is 7.30. The number of rotatable bonds is 6. The van der Waals surface area contributed by atoms with Crippen LogP contribution in [0.4, 0.5) is 4.39 Å². The lowest BCUT2D eigenvalue weighted by Crippen LogP contribution is -1.93. The highest BCUT2D eigenvalue weighted by atomic mass is 19.1. The molecule has 0 amide bonds. The minimum atomic E-state index is -0.232. The van der Waals surface area contributed by atoms with Crippen LogP contribution in [0, 0.1) is 5.82 Å². The van der Waals surface area contributed by atoms with Crippen molar-refractivity contribution in [3.05, 3.63) is 78.1 Å². The van der Waals surface area contributed by atoms with Gasteiger partial charge in [0, 0.05) is 18.0 Å². The number of para-hydroxylation sites is 1. The van der Waals surface area contributed by atoms with Crippen molar-refractivity contribution in [2.45, 2.75) is 32.6 Å². The molecule has 0 fully saturated rings. The van der Waals surface area contributed by atoms with Crippen LogP contribution in [0.3, 0.4) is 0 Å². The minimum Gasteiger partial charge on any atom is -0.267 e. The summed E-state index contributed by atoms with van der Waals surface area (Å²) in [5.74, 6) is -0.232. The van der Waals surface area contributed by atoms with Crippen LogP contribution in [0.5, 0.6) is 0 Å². The fourth-order valence-corrected chi connectivity index (χ4v) is 3.87. The summed E-state index contributed by atoms with van der Waals surface area (Å²) in [5.41, 5.74) is 5.57. The first-order valence-corrected chi connectivity index (χ1v) is 9.99. The van der Waals surface area contributed by atoms with Gasteiger partial charge >= 0.3 is 0 Å². The van der Waals surface area contributed by atoms with Crippen molar-refractivity contribution in [3.8, 4) is 22.4 Å². The van der Waals surface area contributed by atoms with Crippen molar-refractivity contribution in [2.75, 3.05) is 0 Å². The zero-order valence-corrected chi connectivity index (χ0v) is 16.5. The average molecular weight is 372 g/mol. The monoisotopic (exact) mass is 372 g/mol. The molecular formula is C25H25FN2. The van der Waals surface area contributed by atoms with Crippen molar-refractivity contribution in [1.82, 2.24) is 9.78 Å². The number of fused-ring (bicyclic) bond motifs is 1. The Morgan fingerprint density at radius 2 is 1.68 bits per heavy atom. The molecule has 0 aliphatic rings. The molecule has 3 heteroatoms. The Hall–Kier alpha value is -2.94. The van der Waals surface area contributed by atoms with Crippen LogP contribution in [0.1, 0.15) is 31.7 Å². The molecule has 0 aliphatic heterocycles. The third-order valence-corrected chi connectivity index (χ3v) is 5.36. The number of hydrogen-bond donors (Lipinski definition) is 0. The summed E-state index contributed by atoms with van der Waals surface area (Å²) in [6, 6.07) is 21.8. The normalized spacial score (nSPS) is 11.2. The van der Waals surface area contributed by atoms with Gasteiger partial charge in [-0.25, -0.2) is 4.39 Å². The van der Waals surface area contributed by atoms with Gasteiger partial charge in [-0.3, -0.25) is 4.68 Å². The molecule has 0 radical (unpaired) electrons. The zero-order chi connectivity index (χ0) is 19.5. The summed E-state index contributed by atoms with van der Waals surface area (Å²) < 4.78 is 17.0. The van der Waals surface area contributed by atoms with Crippen molar-refractivity contribution in [2.24, 2.45) is 7.05 Å². The maximum atomic E-state index is 15.1. The van der Waals surface area contributed by atoms with Gasteiger partial charge in [0.15, 0.2) is 0 Å². The molecule has 1 heterocycles. The number of unbranched alkanes of at least 4 members (excludes halogenated alkanes) is 2. The Labute approximate surface area is 165 Å². The van der Waals surface area contributed by atoms with Gasteiger partial charge in [-0.1, -0.05) is 68.3 Å². The van der Waals surface area contributed by atoms with E-state index in [9.17, 15) is 0 Å². The van der Waals surface area contributed by atoms with Crippen LogP contribution in [-0.4, -0.2) is 9.78 Å². The lowest BCUT2D eigenvalue weighted by Gasteiger charge is -2.11. The predicted octanol–water partition coefficient (Wildman–Crippen LogP) is 6.78. The molecule has 0 N–H and O–H groups in total. The number of aromatic nitrogens is 2. The first kappa shape index (κ1) is 18.4. The highest BCUT2D eigenvalue weighted by molar-refractivity contribution is 5.93. The van der Waals surface area contributed by atoms with Gasteiger partial charge in [0.1, 0.15) is 11.5 Å². The summed E-state index contributed by atoms with van der Waals surface area (Å²) in [4.78, 5) is 0. The van der Waals surface area contributed by atoms with E-state index in [1.54, 1.807) is 10.7 Å². The van der Waals surface area contributed by atoms with Crippen LogP contribution >= 0.6 is 0 Å². The quantitative estimate of drug-likeness (QED) is 0.341. The summed E-state index contributed by atoms with van der Waals surface area (Å²) in [6.07, 6.45) is 4.60. The fourth-order valence-electron chi connectivity index (χ4n) is 3.87. The molecule has 0 unspecified atom stereocenters. The van der Waals surface area contributed by atoms with Gasteiger partial charge in [0.2, 0.25) is 0 Å². The van der Waals surface area contributed by atoms with Gasteiger partial charge in [-0.05, 0) is 47.7 Å². The molecule has 3 aromatic carbocycles. The molecule has 0 bridgehead atoms. The van der Waals surface area contributed by atoms with Crippen LogP contribution in [0.15, 0.2) is 66.7 Å². The van der Waals surface area contributed by atoms with Gasteiger partial charge in [0.05, 0.1) is 5.52 Å². The van der Waals surface area contributed by atoms with Gasteiger partial charge < -0.3 is 0 Å². The standard InChI is InChI=1S/C25H25FN2/c1-3-4-5-10-18-11-6-7-12-20(18)19-15-16-21(23(26)17-19)25-22-13-8-9-14-24(22)28(2)27-25/h6-9,11-17H,3-5,10H2,1-2H3. The van der Waals surface area contributed by atoms with Crippen molar-refractivity contribution in [1.29, 1.82) is 0 Å². The molecule has 0 atom stereocenters. The average Bonchev–Trinajstić information content (AvgIpc) is 3.05. The van der Waals surface area contributed by atoms with E-state index in [-0.39, 0.29) is 5.82 Å². The SMILES string of the molecule is CCCCCc1ccccc1-c1ccc(-c2nn(C)c3ccccc23)c(F)c1. The lowest BCUT2D eigenvalue weighted by molar-refractivity contribution is 0.630. The molecule has 28 heavy (non-hydrogen) atoms. The number of aryl methyl sites for hydroxylation is 2. The molecule has 0 spiro atoms. The lowest BCUT2D eigenvalue weighted by atomic mass is 9.94. The van der Waals surface area contributed by atoms with E-state index >= 15 is 4.39 Å². The van der Waals surface area contributed by atoms with Crippen molar-refractivity contribution in [3.63, 3.8) is 0 Å². The Morgan fingerprint density at radius 3 is 2.50 bits per heavy atom. The second-order valence-corrected chi connectivity index (χ2v) is 7.30. The zero-order valence-electron chi connectivity index (χ0n) is 16.5. The summed E-state index contributed by atoms with van der Waals surface area (Å²) >= 11 is 0. The molecule has 2 nitrogen and oxygen atoms in total. The minimum absolute atomic E-state index is 0.232. The van der Waals surface area contributed by atoms with E-state index in [1.807, 2.05) is 49.5 Å². The molecular weight excluding hydrogens is 347 g/mol. The molecule has 4 rings (SSSR count). The molecule has 142 valence electrons. The molecule has 0 saturated carbocycles. The molecule has 4 aromatic rings. The van der Waals surface area contributed by atoms with E-state index < -0.39 is 0 Å². The van der Waals surface area contributed by atoms with Gasteiger partial charge in [-0.15, -0.1) is 0 Å². The topological polar surface area (TPSA) is 17.8 Å². The summed E-state index contributed by atoms with van der Waals surface area (Å²) in [6.45, 7) is 2.21. The third kappa shape index (κ3) is 3.45. The van der Waals surface area contributed by atoms with E-state index in [1.165, 1.54) is 18.4 Å². The van der Waals surface area contributed by atoms with Gasteiger partial charge in [-0.2, -0.15) is 5.10 Å². The van der Waals surface area contributed by atoms with Crippen LogP contribution in [-0.2, 0) is 13.5 Å². The largest absolute Gasteiger partial charge is 0.267 e. The Morgan fingerprint density at radius 1 is 0.893 bits per heavy atom. The first-order chi connectivity index (χ1) is 13.7.